The van der Waals surface area contributed by atoms with Crippen molar-refractivity contribution in [3.05, 3.63) is 16.4 Å². The van der Waals surface area contributed by atoms with Crippen LogP contribution in [0.4, 0.5) is 17.3 Å². The second-order valence-electron chi connectivity index (χ2n) is 3.29. The second-order valence-corrected chi connectivity index (χ2v) is 3.55. The third-order valence-corrected chi connectivity index (χ3v) is 1.80. The molecule has 2 N–H and O–H groups in total. The minimum absolute atomic E-state index is 0.0393. The zero-order valence-corrected chi connectivity index (χ0v) is 9.65. The fraction of sp³-hybridized carbons (Fsp3) is 0.500. The normalized spacial score (nSPS) is 10.2. The van der Waals surface area contributed by atoms with Gasteiger partial charge in [-0.15, -0.1) is 11.6 Å². The number of rotatable bonds is 5. The van der Waals surface area contributed by atoms with E-state index in [1.54, 1.807) is 0 Å². The summed E-state index contributed by atoms with van der Waals surface area (Å²) < 4.78 is 0. The van der Waals surface area contributed by atoms with Crippen molar-refractivity contribution < 1.29 is 4.92 Å². The van der Waals surface area contributed by atoms with Gasteiger partial charge in [-0.25, -0.2) is 9.97 Å². The highest BCUT2D eigenvalue weighted by Gasteiger charge is 2.22. The molecular formula is C8H12ClN5O2. The molecule has 0 amide bonds. The Balaban J connectivity index is 3.16. The molecule has 88 valence electrons. The Morgan fingerprint density at radius 2 is 2.12 bits per heavy atom. The fourth-order valence-corrected chi connectivity index (χ4v) is 1.25. The molecule has 1 rings (SSSR count). The van der Waals surface area contributed by atoms with Gasteiger partial charge >= 0.3 is 5.69 Å². The first-order valence-electron chi connectivity index (χ1n) is 4.62. The average Bonchev–Trinajstić information content (AvgIpc) is 2.16. The van der Waals surface area contributed by atoms with Gasteiger partial charge in [0.15, 0.2) is 0 Å². The highest BCUT2D eigenvalue weighted by molar-refractivity contribution is 6.18. The molecule has 1 heterocycles. The number of aromatic nitrogens is 2. The van der Waals surface area contributed by atoms with E-state index in [-0.39, 0.29) is 29.4 Å². The Morgan fingerprint density at radius 1 is 1.50 bits per heavy atom. The summed E-state index contributed by atoms with van der Waals surface area (Å²) in [7, 11) is 0. The summed E-state index contributed by atoms with van der Waals surface area (Å²) in [5.74, 6) is 0.292. The molecule has 0 aliphatic rings. The highest BCUT2D eigenvalue weighted by Crippen LogP contribution is 2.29. The van der Waals surface area contributed by atoms with Crippen molar-refractivity contribution >= 4 is 28.9 Å². The van der Waals surface area contributed by atoms with E-state index in [4.69, 9.17) is 11.6 Å². The Kier molecular flexibility index (Phi) is 4.24. The molecule has 1 aromatic heterocycles. The van der Waals surface area contributed by atoms with Gasteiger partial charge in [-0.3, -0.25) is 10.1 Å². The number of nitrogens with one attached hydrogen (secondary N) is 2. The van der Waals surface area contributed by atoms with Crippen LogP contribution in [0.5, 0.6) is 0 Å². The van der Waals surface area contributed by atoms with E-state index in [1.165, 1.54) is 6.33 Å². The summed E-state index contributed by atoms with van der Waals surface area (Å²) >= 11 is 5.46. The molecule has 16 heavy (non-hydrogen) atoms. The molecular weight excluding hydrogens is 234 g/mol. The van der Waals surface area contributed by atoms with Gasteiger partial charge < -0.3 is 10.6 Å². The van der Waals surface area contributed by atoms with Crippen molar-refractivity contribution in [2.24, 2.45) is 0 Å². The minimum Gasteiger partial charge on any atom is -0.362 e. The van der Waals surface area contributed by atoms with E-state index in [0.29, 0.717) is 0 Å². The second kappa shape index (κ2) is 5.45. The lowest BCUT2D eigenvalue weighted by Gasteiger charge is -2.10. The van der Waals surface area contributed by atoms with E-state index < -0.39 is 4.92 Å². The molecule has 0 bridgehead atoms. The fourth-order valence-electron chi connectivity index (χ4n) is 1.12. The first-order valence-corrected chi connectivity index (χ1v) is 5.15. The summed E-state index contributed by atoms with van der Waals surface area (Å²) in [4.78, 5) is 18.0. The van der Waals surface area contributed by atoms with Crippen LogP contribution in [0.2, 0.25) is 0 Å². The van der Waals surface area contributed by atoms with Crippen molar-refractivity contribution in [2.75, 3.05) is 16.6 Å². The quantitative estimate of drug-likeness (QED) is 0.356. The molecule has 0 saturated heterocycles. The maximum Gasteiger partial charge on any atom is 0.353 e. The van der Waals surface area contributed by atoms with Crippen LogP contribution in [-0.2, 0) is 0 Å². The van der Waals surface area contributed by atoms with E-state index in [9.17, 15) is 10.1 Å². The van der Waals surface area contributed by atoms with Gasteiger partial charge in [0.2, 0.25) is 11.6 Å². The van der Waals surface area contributed by atoms with Gasteiger partial charge in [0.25, 0.3) is 0 Å². The summed E-state index contributed by atoms with van der Waals surface area (Å²) in [5.41, 5.74) is -0.197. The monoisotopic (exact) mass is 245 g/mol. The molecule has 0 radical (unpaired) electrons. The molecule has 0 aromatic carbocycles. The van der Waals surface area contributed by atoms with Crippen molar-refractivity contribution in [3.63, 3.8) is 0 Å². The molecule has 0 fully saturated rings. The van der Waals surface area contributed by atoms with Crippen LogP contribution in [-0.4, -0.2) is 26.9 Å². The van der Waals surface area contributed by atoms with E-state index >= 15 is 0 Å². The minimum atomic E-state index is -0.542. The van der Waals surface area contributed by atoms with E-state index in [0.717, 1.165) is 0 Å². The number of hydrogen-bond donors (Lipinski definition) is 2. The largest absolute Gasteiger partial charge is 0.362 e. The predicted octanol–water partition coefficient (Wildman–Crippen LogP) is 1.81. The van der Waals surface area contributed by atoms with Gasteiger partial charge in [-0.2, -0.15) is 0 Å². The maximum absolute atomic E-state index is 10.9. The van der Waals surface area contributed by atoms with Gasteiger partial charge in [0.1, 0.15) is 6.33 Å². The Hall–Kier alpha value is -1.63. The third-order valence-electron chi connectivity index (χ3n) is 1.66. The van der Waals surface area contributed by atoms with Crippen LogP contribution in [0.3, 0.4) is 0 Å². The van der Waals surface area contributed by atoms with E-state index in [1.807, 2.05) is 13.8 Å². The van der Waals surface area contributed by atoms with Crippen molar-refractivity contribution in [1.29, 1.82) is 0 Å². The molecule has 0 saturated carbocycles. The summed E-state index contributed by atoms with van der Waals surface area (Å²) in [6.07, 6.45) is 1.24. The number of nitrogens with zero attached hydrogens (tertiary/aromatic N) is 3. The molecule has 0 aliphatic heterocycles. The molecule has 8 heteroatoms. The predicted molar refractivity (Wildman–Crippen MR) is 61.8 cm³/mol. The maximum atomic E-state index is 10.9. The summed E-state index contributed by atoms with van der Waals surface area (Å²) in [6, 6.07) is 0.0800. The van der Waals surface area contributed by atoms with Crippen LogP contribution in [0, 0.1) is 10.1 Å². The number of nitro groups is 1. The lowest BCUT2D eigenvalue weighted by atomic mass is 10.3. The smallest absolute Gasteiger partial charge is 0.353 e. The highest BCUT2D eigenvalue weighted by atomic mass is 35.5. The SMILES string of the molecule is CC(C)Nc1ncnc(NCCl)c1[N+](=O)[O-]. The van der Waals surface area contributed by atoms with Gasteiger partial charge in [0, 0.05) is 6.04 Å². The van der Waals surface area contributed by atoms with Gasteiger partial charge in [-0.05, 0) is 13.8 Å². The molecule has 7 nitrogen and oxygen atoms in total. The van der Waals surface area contributed by atoms with Gasteiger partial charge in [0.05, 0.1) is 10.9 Å². The lowest BCUT2D eigenvalue weighted by Crippen LogP contribution is -2.14. The molecule has 0 spiro atoms. The van der Waals surface area contributed by atoms with E-state index in [2.05, 4.69) is 20.6 Å². The molecule has 0 aliphatic carbocycles. The van der Waals surface area contributed by atoms with Crippen LogP contribution >= 0.6 is 11.6 Å². The van der Waals surface area contributed by atoms with Crippen molar-refractivity contribution in [3.8, 4) is 0 Å². The Morgan fingerprint density at radius 3 is 2.62 bits per heavy atom. The van der Waals surface area contributed by atoms with Crippen molar-refractivity contribution in [1.82, 2.24) is 9.97 Å². The molecule has 1 aromatic rings. The van der Waals surface area contributed by atoms with Crippen LogP contribution < -0.4 is 10.6 Å². The number of halogens is 1. The Labute approximate surface area is 97.4 Å². The summed E-state index contributed by atoms with van der Waals surface area (Å²) in [5, 5.41) is 16.4. The topological polar surface area (TPSA) is 93.0 Å². The van der Waals surface area contributed by atoms with Gasteiger partial charge in [-0.1, -0.05) is 0 Å². The molecule has 0 atom stereocenters. The summed E-state index contributed by atoms with van der Waals surface area (Å²) in [6.45, 7) is 3.72. The zero-order valence-electron chi connectivity index (χ0n) is 8.90. The number of alkyl halides is 1. The lowest BCUT2D eigenvalue weighted by molar-refractivity contribution is -0.383. The number of anilines is 2. The van der Waals surface area contributed by atoms with Crippen LogP contribution in [0.1, 0.15) is 13.8 Å². The average molecular weight is 246 g/mol. The van der Waals surface area contributed by atoms with Crippen LogP contribution in [0.15, 0.2) is 6.33 Å². The Bertz CT molecular complexity index is 385. The zero-order chi connectivity index (χ0) is 12.1. The van der Waals surface area contributed by atoms with Crippen molar-refractivity contribution in [2.45, 2.75) is 19.9 Å². The number of hydrogen-bond acceptors (Lipinski definition) is 6. The first kappa shape index (κ1) is 12.4. The standard InChI is InChI=1S/C8H12ClN5O2/c1-5(2)13-8-6(14(15)16)7(10-3-9)11-4-12-8/h4-5H,3H2,1-2H3,(H2,10,11,12,13). The molecule has 0 unspecified atom stereocenters. The first-order chi connectivity index (χ1) is 7.56. The third kappa shape index (κ3) is 2.93. The van der Waals surface area contributed by atoms with Crippen LogP contribution in [0.25, 0.3) is 0 Å².